The van der Waals surface area contributed by atoms with Gasteiger partial charge in [-0.3, -0.25) is 0 Å². The van der Waals surface area contributed by atoms with Crippen molar-refractivity contribution in [2.75, 3.05) is 20.3 Å². The van der Waals surface area contributed by atoms with Crippen LogP contribution in [0.4, 0.5) is 0 Å². The zero-order valence-electron chi connectivity index (χ0n) is 12.5. The highest BCUT2D eigenvalue weighted by molar-refractivity contribution is 7.10. The van der Waals surface area contributed by atoms with Crippen LogP contribution in [0, 0.1) is 5.92 Å². The van der Waals surface area contributed by atoms with E-state index in [9.17, 15) is 0 Å². The van der Waals surface area contributed by atoms with Crippen LogP contribution in [0.25, 0.3) is 0 Å². The number of thiophene rings is 1. The van der Waals surface area contributed by atoms with Crippen molar-refractivity contribution >= 4 is 11.3 Å². The van der Waals surface area contributed by atoms with E-state index in [4.69, 9.17) is 9.47 Å². The summed E-state index contributed by atoms with van der Waals surface area (Å²) in [6.45, 7) is 4.10. The zero-order valence-corrected chi connectivity index (χ0v) is 13.3. The average Bonchev–Trinajstić information content (AvgIpc) is 2.91. The van der Waals surface area contributed by atoms with Crippen LogP contribution in [0.1, 0.15) is 49.9 Å². The standard InChI is InChI=1S/C16H25NO2S/c1-3-17-14(15-13(18-2)6-10-20-15)12-5-9-19-16(11-12)7-4-8-16/h6,10,12,14,17H,3-5,7-9,11H2,1-2H3. The predicted molar refractivity (Wildman–Crippen MR) is 82.5 cm³/mol. The van der Waals surface area contributed by atoms with E-state index >= 15 is 0 Å². The Hall–Kier alpha value is -0.580. The molecule has 2 aliphatic rings. The lowest BCUT2D eigenvalue weighted by Crippen LogP contribution is -2.48. The summed E-state index contributed by atoms with van der Waals surface area (Å²) in [6.07, 6.45) is 6.20. The monoisotopic (exact) mass is 295 g/mol. The zero-order chi connectivity index (χ0) is 14.0. The molecule has 0 radical (unpaired) electrons. The third-order valence-corrected chi connectivity index (χ3v) is 5.83. The van der Waals surface area contributed by atoms with Gasteiger partial charge in [0.2, 0.25) is 0 Å². The van der Waals surface area contributed by atoms with Crippen molar-refractivity contribution in [3.63, 3.8) is 0 Å². The summed E-state index contributed by atoms with van der Waals surface area (Å²) < 4.78 is 11.6. The Labute approximate surface area is 125 Å². The van der Waals surface area contributed by atoms with Gasteiger partial charge in [0, 0.05) is 12.6 Å². The van der Waals surface area contributed by atoms with Crippen molar-refractivity contribution < 1.29 is 9.47 Å². The maximum Gasteiger partial charge on any atom is 0.134 e. The lowest BCUT2D eigenvalue weighted by atomic mass is 9.70. The van der Waals surface area contributed by atoms with E-state index < -0.39 is 0 Å². The lowest BCUT2D eigenvalue weighted by Gasteiger charge is -2.48. The topological polar surface area (TPSA) is 30.5 Å². The molecule has 20 heavy (non-hydrogen) atoms. The minimum atomic E-state index is 0.209. The Bertz CT molecular complexity index is 441. The second-order valence-corrected chi connectivity index (χ2v) is 6.97. The summed E-state index contributed by atoms with van der Waals surface area (Å²) in [7, 11) is 1.77. The molecule has 0 amide bonds. The maximum atomic E-state index is 6.08. The van der Waals surface area contributed by atoms with E-state index in [1.54, 1.807) is 7.11 Å². The van der Waals surface area contributed by atoms with E-state index in [0.717, 1.165) is 25.3 Å². The van der Waals surface area contributed by atoms with E-state index in [1.807, 2.05) is 11.3 Å². The van der Waals surface area contributed by atoms with Crippen LogP contribution in [-0.2, 0) is 4.74 Å². The second-order valence-electron chi connectivity index (χ2n) is 6.03. The Morgan fingerprint density at radius 3 is 3.05 bits per heavy atom. The van der Waals surface area contributed by atoms with Gasteiger partial charge in [0.25, 0.3) is 0 Å². The van der Waals surface area contributed by atoms with Gasteiger partial charge < -0.3 is 14.8 Å². The quantitative estimate of drug-likeness (QED) is 0.897. The summed E-state index contributed by atoms with van der Waals surface area (Å²) in [5.41, 5.74) is 0.209. The van der Waals surface area contributed by atoms with E-state index in [1.165, 1.54) is 30.6 Å². The fourth-order valence-corrected chi connectivity index (χ4v) is 4.70. The summed E-state index contributed by atoms with van der Waals surface area (Å²) in [5, 5.41) is 5.83. The number of hydrogen-bond acceptors (Lipinski definition) is 4. The molecule has 1 saturated heterocycles. The number of ether oxygens (including phenoxy) is 2. The number of hydrogen-bond donors (Lipinski definition) is 1. The SMILES string of the molecule is CCNC(c1sccc1OC)C1CCOC2(CCC2)C1. The molecule has 2 unspecified atom stereocenters. The van der Waals surface area contributed by atoms with Crippen molar-refractivity contribution in [2.24, 2.45) is 5.92 Å². The van der Waals surface area contributed by atoms with Crippen molar-refractivity contribution in [3.8, 4) is 5.75 Å². The molecule has 1 N–H and O–H groups in total. The van der Waals surface area contributed by atoms with Crippen LogP contribution >= 0.6 is 11.3 Å². The first-order valence-corrected chi connectivity index (χ1v) is 8.65. The highest BCUT2D eigenvalue weighted by Gasteiger charge is 2.44. The van der Waals surface area contributed by atoms with E-state index in [0.29, 0.717) is 12.0 Å². The lowest BCUT2D eigenvalue weighted by molar-refractivity contribution is -0.147. The van der Waals surface area contributed by atoms with Crippen LogP contribution in [0.2, 0.25) is 0 Å². The molecule has 1 spiro atoms. The van der Waals surface area contributed by atoms with E-state index in [2.05, 4.69) is 23.7 Å². The van der Waals surface area contributed by atoms with Crippen LogP contribution in [0.5, 0.6) is 5.75 Å². The molecule has 3 nitrogen and oxygen atoms in total. The molecule has 2 fully saturated rings. The average molecular weight is 295 g/mol. The molecule has 3 rings (SSSR count). The van der Waals surface area contributed by atoms with E-state index in [-0.39, 0.29) is 5.60 Å². The molecular weight excluding hydrogens is 270 g/mol. The van der Waals surface area contributed by atoms with Gasteiger partial charge in [-0.25, -0.2) is 0 Å². The summed E-state index contributed by atoms with van der Waals surface area (Å²) >= 11 is 1.81. The van der Waals surface area contributed by atoms with Gasteiger partial charge in [0.05, 0.1) is 17.6 Å². The molecule has 2 atom stereocenters. The van der Waals surface area contributed by atoms with Gasteiger partial charge in [-0.2, -0.15) is 0 Å². The Balaban J connectivity index is 1.79. The molecule has 1 aromatic rings. The van der Waals surface area contributed by atoms with Gasteiger partial charge in [0.15, 0.2) is 0 Å². The molecule has 1 aromatic heterocycles. The van der Waals surface area contributed by atoms with Crippen LogP contribution in [0.3, 0.4) is 0 Å². The Morgan fingerprint density at radius 1 is 1.55 bits per heavy atom. The molecule has 2 heterocycles. The smallest absolute Gasteiger partial charge is 0.134 e. The summed E-state index contributed by atoms with van der Waals surface area (Å²) in [6, 6.07) is 2.50. The number of methoxy groups -OCH3 is 1. The fourth-order valence-electron chi connectivity index (χ4n) is 3.67. The van der Waals surface area contributed by atoms with Gasteiger partial charge in [-0.05, 0) is 56.0 Å². The van der Waals surface area contributed by atoms with Crippen LogP contribution < -0.4 is 10.1 Å². The summed E-state index contributed by atoms with van der Waals surface area (Å²) in [4.78, 5) is 1.36. The van der Waals surface area contributed by atoms with Gasteiger partial charge >= 0.3 is 0 Å². The molecule has 1 aliphatic carbocycles. The molecule has 0 bridgehead atoms. The molecule has 112 valence electrons. The maximum absolute atomic E-state index is 6.08. The van der Waals surface area contributed by atoms with Crippen molar-refractivity contribution in [2.45, 2.75) is 50.7 Å². The molecule has 1 saturated carbocycles. The minimum absolute atomic E-state index is 0.209. The van der Waals surface area contributed by atoms with Gasteiger partial charge in [-0.1, -0.05) is 6.92 Å². The van der Waals surface area contributed by atoms with Crippen molar-refractivity contribution in [1.82, 2.24) is 5.32 Å². The molecule has 1 aliphatic heterocycles. The molecular formula is C16H25NO2S. The third-order valence-electron chi connectivity index (χ3n) is 4.85. The van der Waals surface area contributed by atoms with Gasteiger partial charge in [0.1, 0.15) is 5.75 Å². The Morgan fingerprint density at radius 2 is 2.40 bits per heavy atom. The van der Waals surface area contributed by atoms with Crippen LogP contribution in [0.15, 0.2) is 11.4 Å². The third kappa shape index (κ3) is 2.61. The fraction of sp³-hybridized carbons (Fsp3) is 0.750. The highest BCUT2D eigenvalue weighted by Crippen LogP contribution is 2.48. The second kappa shape index (κ2) is 6.04. The first-order valence-electron chi connectivity index (χ1n) is 7.77. The number of rotatable bonds is 5. The minimum Gasteiger partial charge on any atom is -0.496 e. The largest absolute Gasteiger partial charge is 0.496 e. The van der Waals surface area contributed by atoms with Crippen molar-refractivity contribution in [1.29, 1.82) is 0 Å². The molecule has 4 heteroatoms. The predicted octanol–water partition coefficient (Wildman–Crippen LogP) is 3.76. The first-order chi connectivity index (χ1) is 9.78. The summed E-state index contributed by atoms with van der Waals surface area (Å²) in [5.74, 6) is 1.70. The normalized spacial score (nSPS) is 26.2. The van der Waals surface area contributed by atoms with Gasteiger partial charge in [-0.15, -0.1) is 11.3 Å². The van der Waals surface area contributed by atoms with Crippen LogP contribution in [-0.4, -0.2) is 25.9 Å². The number of nitrogens with one attached hydrogen (secondary N) is 1. The Kier molecular flexibility index (Phi) is 4.34. The van der Waals surface area contributed by atoms with Crippen molar-refractivity contribution in [3.05, 3.63) is 16.3 Å². The highest BCUT2D eigenvalue weighted by atomic mass is 32.1. The molecule has 0 aromatic carbocycles. The first kappa shape index (κ1) is 14.4.